The number of guanidine groups is 1. The fourth-order valence-corrected chi connectivity index (χ4v) is 3.68. The van der Waals surface area contributed by atoms with E-state index in [9.17, 15) is 4.79 Å². The Kier molecular flexibility index (Phi) is 8.65. The topological polar surface area (TPSA) is 69.2 Å². The van der Waals surface area contributed by atoms with Crippen LogP contribution < -0.4 is 10.6 Å². The lowest BCUT2D eigenvalue weighted by molar-refractivity contribution is -0.129. The van der Waals surface area contributed by atoms with Gasteiger partial charge in [-0.15, -0.1) is 0 Å². The van der Waals surface area contributed by atoms with E-state index in [-0.39, 0.29) is 11.9 Å². The van der Waals surface area contributed by atoms with Crippen molar-refractivity contribution in [3.8, 4) is 0 Å². The van der Waals surface area contributed by atoms with Crippen LogP contribution in [0.1, 0.15) is 40.5 Å². The minimum absolute atomic E-state index is 0.239. The molecule has 1 amide bonds. The molecule has 26 heavy (non-hydrogen) atoms. The van der Waals surface area contributed by atoms with E-state index in [1.807, 2.05) is 11.8 Å². The first-order chi connectivity index (χ1) is 12.5. The first kappa shape index (κ1) is 21.0. The number of ether oxygens (including phenoxy) is 1. The molecule has 0 spiro atoms. The monoisotopic (exact) mass is 367 g/mol. The highest BCUT2D eigenvalue weighted by atomic mass is 16.5. The molecule has 0 aromatic carbocycles. The summed E-state index contributed by atoms with van der Waals surface area (Å²) in [7, 11) is 0. The third kappa shape index (κ3) is 6.13. The van der Waals surface area contributed by atoms with Gasteiger partial charge in [0.25, 0.3) is 0 Å². The Bertz CT molecular complexity index is 463. The van der Waals surface area contributed by atoms with E-state index in [0.29, 0.717) is 18.4 Å². The molecule has 7 nitrogen and oxygen atoms in total. The molecule has 2 saturated heterocycles. The molecule has 2 unspecified atom stereocenters. The maximum atomic E-state index is 11.9. The number of carbonyl (C=O) groups is 1. The Morgan fingerprint density at radius 2 is 1.96 bits per heavy atom. The fourth-order valence-electron chi connectivity index (χ4n) is 3.68. The molecule has 2 aliphatic heterocycles. The third-order valence-corrected chi connectivity index (χ3v) is 5.25. The predicted octanol–water partition coefficient (Wildman–Crippen LogP) is 0.909. The summed E-state index contributed by atoms with van der Waals surface area (Å²) in [5.74, 6) is 1.65. The first-order valence-electron chi connectivity index (χ1n) is 10.2. The van der Waals surface area contributed by atoms with Crippen molar-refractivity contribution >= 4 is 11.9 Å². The summed E-state index contributed by atoms with van der Waals surface area (Å²) >= 11 is 0. The van der Waals surface area contributed by atoms with E-state index >= 15 is 0 Å². The van der Waals surface area contributed by atoms with Gasteiger partial charge in [0.2, 0.25) is 5.91 Å². The van der Waals surface area contributed by atoms with E-state index in [0.717, 1.165) is 64.9 Å². The van der Waals surface area contributed by atoms with Gasteiger partial charge in [-0.1, -0.05) is 20.8 Å². The van der Waals surface area contributed by atoms with Crippen LogP contribution in [0.4, 0.5) is 0 Å². The highest BCUT2D eigenvalue weighted by molar-refractivity contribution is 5.80. The zero-order chi connectivity index (χ0) is 18.9. The van der Waals surface area contributed by atoms with Crippen molar-refractivity contribution in [1.82, 2.24) is 20.4 Å². The maximum absolute atomic E-state index is 11.9. The Balaban J connectivity index is 1.93. The lowest BCUT2D eigenvalue weighted by atomic mass is 10.0. The molecule has 0 aromatic heterocycles. The summed E-state index contributed by atoms with van der Waals surface area (Å²) in [4.78, 5) is 21.2. The molecular formula is C19H37N5O2. The molecule has 0 aromatic rings. The van der Waals surface area contributed by atoms with Gasteiger partial charge in [0.15, 0.2) is 5.96 Å². The molecule has 7 heteroatoms. The Morgan fingerprint density at radius 3 is 2.58 bits per heavy atom. The van der Waals surface area contributed by atoms with Gasteiger partial charge in [-0.05, 0) is 19.3 Å². The number of likely N-dealkylation sites (tertiary alicyclic amines) is 1. The van der Waals surface area contributed by atoms with Crippen LogP contribution in [0, 0.1) is 5.92 Å². The van der Waals surface area contributed by atoms with Gasteiger partial charge in [0.05, 0.1) is 19.8 Å². The number of hydrogen-bond acceptors (Lipinski definition) is 4. The number of amides is 1. The summed E-state index contributed by atoms with van der Waals surface area (Å²) in [6.45, 7) is 15.4. The Morgan fingerprint density at radius 1 is 1.23 bits per heavy atom. The molecule has 2 heterocycles. The van der Waals surface area contributed by atoms with Gasteiger partial charge < -0.3 is 20.3 Å². The van der Waals surface area contributed by atoms with Gasteiger partial charge in [0, 0.05) is 51.2 Å². The molecule has 150 valence electrons. The lowest BCUT2D eigenvalue weighted by Gasteiger charge is -2.36. The van der Waals surface area contributed by atoms with Gasteiger partial charge >= 0.3 is 0 Å². The van der Waals surface area contributed by atoms with Gasteiger partial charge in [-0.3, -0.25) is 14.7 Å². The lowest BCUT2D eigenvalue weighted by Crippen LogP contribution is -2.49. The van der Waals surface area contributed by atoms with Crippen molar-refractivity contribution in [3.05, 3.63) is 0 Å². The van der Waals surface area contributed by atoms with Crippen molar-refractivity contribution < 1.29 is 9.53 Å². The SMILES string of the molecule is CCNC(=NCC(C(C)C)N1CCOCC1)NC1CCN(C(=O)CC)C1. The zero-order valence-electron chi connectivity index (χ0n) is 17.0. The predicted molar refractivity (Wildman–Crippen MR) is 105 cm³/mol. The summed E-state index contributed by atoms with van der Waals surface area (Å²) < 4.78 is 5.49. The average Bonchev–Trinajstić information content (AvgIpc) is 3.10. The molecule has 2 aliphatic rings. The Labute approximate surface area is 158 Å². The number of rotatable bonds is 7. The van der Waals surface area contributed by atoms with E-state index in [1.54, 1.807) is 0 Å². The van der Waals surface area contributed by atoms with Gasteiger partial charge in [0.1, 0.15) is 0 Å². The van der Waals surface area contributed by atoms with Crippen LogP contribution in [0.15, 0.2) is 4.99 Å². The maximum Gasteiger partial charge on any atom is 0.222 e. The number of morpholine rings is 1. The van der Waals surface area contributed by atoms with Crippen LogP contribution in [0.2, 0.25) is 0 Å². The zero-order valence-corrected chi connectivity index (χ0v) is 17.0. The van der Waals surface area contributed by atoms with Crippen LogP contribution in [0.3, 0.4) is 0 Å². The molecule has 0 bridgehead atoms. The minimum Gasteiger partial charge on any atom is -0.379 e. The quantitative estimate of drug-likeness (QED) is 0.517. The third-order valence-electron chi connectivity index (χ3n) is 5.25. The van der Waals surface area contributed by atoms with Crippen molar-refractivity contribution in [2.75, 3.05) is 52.5 Å². The molecule has 2 atom stereocenters. The smallest absolute Gasteiger partial charge is 0.222 e. The average molecular weight is 368 g/mol. The van der Waals surface area contributed by atoms with Crippen LogP contribution in [-0.2, 0) is 9.53 Å². The van der Waals surface area contributed by atoms with Gasteiger partial charge in [-0.2, -0.15) is 0 Å². The normalized spacial score (nSPS) is 23.3. The summed E-state index contributed by atoms with van der Waals surface area (Å²) in [5, 5.41) is 6.88. The molecule has 2 N–H and O–H groups in total. The number of nitrogens with one attached hydrogen (secondary N) is 2. The molecule has 2 rings (SSSR count). The summed E-state index contributed by atoms with van der Waals surface area (Å²) in [5.41, 5.74) is 0. The summed E-state index contributed by atoms with van der Waals surface area (Å²) in [6.07, 6.45) is 1.56. The van der Waals surface area contributed by atoms with Crippen LogP contribution in [-0.4, -0.2) is 86.2 Å². The van der Waals surface area contributed by atoms with Crippen LogP contribution in [0.5, 0.6) is 0 Å². The molecule has 0 radical (unpaired) electrons. The van der Waals surface area contributed by atoms with E-state index < -0.39 is 0 Å². The second kappa shape index (κ2) is 10.7. The number of nitrogens with zero attached hydrogens (tertiary/aromatic N) is 3. The largest absolute Gasteiger partial charge is 0.379 e. The second-order valence-corrected chi connectivity index (χ2v) is 7.50. The number of carbonyl (C=O) groups excluding carboxylic acids is 1. The number of hydrogen-bond donors (Lipinski definition) is 2. The van der Waals surface area contributed by atoms with Crippen LogP contribution >= 0.6 is 0 Å². The Hall–Kier alpha value is -1.34. The van der Waals surface area contributed by atoms with Crippen molar-refractivity contribution in [2.24, 2.45) is 10.9 Å². The fraction of sp³-hybridized carbons (Fsp3) is 0.895. The molecule has 2 fully saturated rings. The molecule has 0 aliphatic carbocycles. The highest BCUT2D eigenvalue weighted by Gasteiger charge is 2.27. The summed E-state index contributed by atoms with van der Waals surface area (Å²) in [6, 6.07) is 0.709. The van der Waals surface area contributed by atoms with Gasteiger partial charge in [-0.25, -0.2) is 0 Å². The van der Waals surface area contributed by atoms with E-state index in [1.165, 1.54) is 0 Å². The van der Waals surface area contributed by atoms with E-state index in [2.05, 4.69) is 36.3 Å². The minimum atomic E-state index is 0.239. The standard InChI is InChI=1S/C19H37N5O2/c1-5-18(25)24-8-7-16(14-24)22-19(20-6-2)21-13-17(15(3)4)23-9-11-26-12-10-23/h15-17H,5-14H2,1-4H3,(H2,20,21,22). The van der Waals surface area contributed by atoms with Crippen molar-refractivity contribution in [2.45, 2.75) is 52.6 Å². The van der Waals surface area contributed by atoms with E-state index in [4.69, 9.17) is 9.73 Å². The number of aliphatic imine (C=N–C) groups is 1. The van der Waals surface area contributed by atoms with Crippen molar-refractivity contribution in [1.29, 1.82) is 0 Å². The van der Waals surface area contributed by atoms with Crippen LogP contribution in [0.25, 0.3) is 0 Å². The van der Waals surface area contributed by atoms with Crippen molar-refractivity contribution in [3.63, 3.8) is 0 Å². The molecule has 0 saturated carbocycles. The molecular weight excluding hydrogens is 330 g/mol. The first-order valence-corrected chi connectivity index (χ1v) is 10.2. The second-order valence-electron chi connectivity index (χ2n) is 7.50. The highest BCUT2D eigenvalue weighted by Crippen LogP contribution is 2.14.